The van der Waals surface area contributed by atoms with E-state index in [2.05, 4.69) is 12.2 Å². The molecule has 1 aliphatic rings. The van der Waals surface area contributed by atoms with E-state index in [1.165, 1.54) is 0 Å². The van der Waals surface area contributed by atoms with Gasteiger partial charge >= 0.3 is 0 Å². The molecule has 0 saturated carbocycles. The van der Waals surface area contributed by atoms with Crippen molar-refractivity contribution in [3.63, 3.8) is 0 Å². The molecule has 216 valence electrons. The standard InChI is InChI=1S/C34H33BN4O4/c1-5-8-28-26(17-21-11-13-22(14-12-21)24-9-6-7-10-25(24)31(36)38-33(35)42)32(41)39(20(2)37-28)23-15-16-30-27(18-23)29(40)19-34(3,4)43-30/h6-7,9-16,18H,5,8,17,19H2,1-4H3,(H2,36,38,42). The van der Waals surface area contributed by atoms with Crippen LogP contribution in [0.3, 0.4) is 0 Å². The molecular weight excluding hydrogens is 539 g/mol. The minimum Gasteiger partial charge on any atom is -0.487 e. The van der Waals surface area contributed by atoms with Crippen molar-refractivity contribution in [1.29, 1.82) is 5.41 Å². The zero-order chi connectivity index (χ0) is 30.9. The van der Waals surface area contributed by atoms with Crippen LogP contribution in [0.15, 0.2) is 71.5 Å². The van der Waals surface area contributed by atoms with E-state index in [9.17, 15) is 14.4 Å². The highest BCUT2D eigenvalue weighted by molar-refractivity contribution is 6.58. The maximum atomic E-state index is 14.1. The number of amidine groups is 1. The van der Waals surface area contributed by atoms with Gasteiger partial charge in [0.25, 0.3) is 5.56 Å². The largest absolute Gasteiger partial charge is 0.487 e. The van der Waals surface area contributed by atoms with E-state index in [-0.39, 0.29) is 23.6 Å². The molecule has 4 aromatic rings. The van der Waals surface area contributed by atoms with Crippen LogP contribution in [0.1, 0.15) is 72.2 Å². The van der Waals surface area contributed by atoms with Crippen molar-refractivity contribution in [3.8, 4) is 22.6 Å². The summed E-state index contributed by atoms with van der Waals surface area (Å²) in [7, 11) is 5.22. The zero-order valence-electron chi connectivity index (χ0n) is 24.8. The number of nitrogens with one attached hydrogen (secondary N) is 2. The van der Waals surface area contributed by atoms with Crippen LogP contribution in [0.2, 0.25) is 0 Å². The molecule has 9 heteroatoms. The summed E-state index contributed by atoms with van der Waals surface area (Å²) in [4.78, 5) is 43.1. The SMILES string of the molecule is [B]C(=O)NC(=N)c1ccccc1-c1ccc(Cc2c(CCC)nc(C)n(-c3ccc4c(c3)C(=O)CC(C)(C)O4)c2=O)cc1. The smallest absolute Gasteiger partial charge is 0.261 e. The molecule has 1 aromatic heterocycles. The lowest BCUT2D eigenvalue weighted by molar-refractivity contribution is 0.0620. The zero-order valence-corrected chi connectivity index (χ0v) is 24.8. The minimum absolute atomic E-state index is 0.0169. The second-order valence-electron chi connectivity index (χ2n) is 11.4. The molecule has 2 radical (unpaired) electrons. The summed E-state index contributed by atoms with van der Waals surface area (Å²) in [5.41, 5.74) is 4.77. The predicted octanol–water partition coefficient (Wildman–Crippen LogP) is 5.70. The Morgan fingerprint density at radius 1 is 1.07 bits per heavy atom. The fraction of sp³-hybridized carbons (Fsp3) is 0.265. The van der Waals surface area contributed by atoms with E-state index < -0.39 is 11.4 Å². The fourth-order valence-corrected chi connectivity index (χ4v) is 5.57. The third-order valence-electron chi connectivity index (χ3n) is 7.50. The second kappa shape index (κ2) is 11.8. The molecule has 2 heterocycles. The molecule has 43 heavy (non-hydrogen) atoms. The minimum atomic E-state index is -0.797. The number of ether oxygens (including phenoxy) is 1. The number of ketones is 1. The number of fused-ring (bicyclic) bond motifs is 1. The van der Waals surface area contributed by atoms with Crippen molar-refractivity contribution in [2.75, 3.05) is 0 Å². The quantitative estimate of drug-likeness (QED) is 0.168. The number of hydrogen-bond acceptors (Lipinski definition) is 6. The van der Waals surface area contributed by atoms with E-state index in [1.54, 1.807) is 34.9 Å². The van der Waals surface area contributed by atoms with Gasteiger partial charge in [-0.05, 0) is 62.1 Å². The highest BCUT2D eigenvalue weighted by Crippen LogP contribution is 2.34. The van der Waals surface area contributed by atoms with Gasteiger partial charge in [0, 0.05) is 17.5 Å². The Balaban J connectivity index is 1.51. The van der Waals surface area contributed by atoms with Crippen LogP contribution in [0, 0.1) is 12.3 Å². The summed E-state index contributed by atoms with van der Waals surface area (Å²) in [6.45, 7) is 7.63. The van der Waals surface area contributed by atoms with Crippen molar-refractivity contribution in [2.24, 2.45) is 0 Å². The topological polar surface area (TPSA) is 114 Å². The number of carbonyl (C=O) groups excluding carboxylic acids is 2. The van der Waals surface area contributed by atoms with Gasteiger partial charge in [-0.1, -0.05) is 61.9 Å². The molecule has 2 N–H and O–H groups in total. The molecule has 5 rings (SSSR count). The maximum absolute atomic E-state index is 14.1. The van der Waals surface area contributed by atoms with Gasteiger partial charge in [0.05, 0.1) is 23.4 Å². The van der Waals surface area contributed by atoms with Gasteiger partial charge in [-0.25, -0.2) is 4.98 Å². The maximum Gasteiger partial charge on any atom is 0.261 e. The molecular formula is C34H33BN4O4. The van der Waals surface area contributed by atoms with E-state index in [4.69, 9.17) is 23.0 Å². The molecule has 8 nitrogen and oxygen atoms in total. The van der Waals surface area contributed by atoms with Crippen LogP contribution in [0.25, 0.3) is 16.8 Å². The first-order valence-corrected chi connectivity index (χ1v) is 14.3. The lowest BCUT2D eigenvalue weighted by Gasteiger charge is -2.31. The fourth-order valence-electron chi connectivity index (χ4n) is 5.57. The third kappa shape index (κ3) is 6.21. The summed E-state index contributed by atoms with van der Waals surface area (Å²) < 4.78 is 7.59. The Labute approximate surface area is 252 Å². The number of rotatable bonds is 7. The van der Waals surface area contributed by atoms with Crippen LogP contribution >= 0.6 is 0 Å². The molecule has 0 aliphatic carbocycles. The molecule has 0 spiro atoms. The van der Waals surface area contributed by atoms with E-state index in [0.717, 1.165) is 28.8 Å². The Morgan fingerprint density at radius 2 is 1.79 bits per heavy atom. The van der Waals surface area contributed by atoms with E-state index >= 15 is 0 Å². The number of benzene rings is 3. The van der Waals surface area contributed by atoms with Gasteiger partial charge < -0.3 is 10.1 Å². The highest BCUT2D eigenvalue weighted by Gasteiger charge is 2.33. The molecule has 0 fully saturated rings. The van der Waals surface area contributed by atoms with Crippen molar-refractivity contribution < 1.29 is 14.3 Å². The van der Waals surface area contributed by atoms with Crippen molar-refractivity contribution in [2.45, 2.75) is 59.0 Å². The summed E-state index contributed by atoms with van der Waals surface area (Å²) in [6, 6.07) is 20.3. The number of nitrogens with zero attached hydrogens (tertiary/aromatic N) is 2. The summed E-state index contributed by atoms with van der Waals surface area (Å²) in [5.74, 6) is 0.183. The van der Waals surface area contributed by atoms with Crippen LogP contribution < -0.4 is 15.6 Å². The van der Waals surface area contributed by atoms with Crippen molar-refractivity contribution >= 4 is 25.3 Å². The Morgan fingerprint density at radius 3 is 2.49 bits per heavy atom. The van der Waals surface area contributed by atoms with Gasteiger partial charge in [0.15, 0.2) is 11.6 Å². The molecule has 0 saturated heterocycles. The normalized spacial score (nSPS) is 13.6. The summed E-state index contributed by atoms with van der Waals surface area (Å²) in [6.07, 6.45) is 2.14. The van der Waals surface area contributed by atoms with Crippen LogP contribution in [0.5, 0.6) is 5.75 Å². The van der Waals surface area contributed by atoms with Gasteiger partial charge in [-0.15, -0.1) is 0 Å². The van der Waals surface area contributed by atoms with Crippen LogP contribution in [-0.4, -0.2) is 40.4 Å². The number of aromatic nitrogens is 2. The van der Waals surface area contributed by atoms with Gasteiger partial charge in [0.2, 0.25) is 7.85 Å². The first-order chi connectivity index (χ1) is 20.5. The van der Waals surface area contributed by atoms with E-state index in [0.29, 0.717) is 46.8 Å². The Bertz CT molecular complexity index is 1810. The molecule has 0 bridgehead atoms. The lowest BCUT2D eigenvalue weighted by atomic mass is 9.93. The number of Topliss-reactive ketones (excluding diaryl/α,β-unsaturated/α-hetero) is 1. The van der Waals surface area contributed by atoms with E-state index in [1.807, 2.05) is 57.2 Å². The molecule has 0 atom stereocenters. The molecule has 1 aliphatic heterocycles. The first-order valence-electron chi connectivity index (χ1n) is 14.3. The van der Waals surface area contributed by atoms with Crippen LogP contribution in [0.4, 0.5) is 4.79 Å². The number of hydrogen-bond donors (Lipinski definition) is 2. The van der Waals surface area contributed by atoms with Gasteiger partial charge in [-0.3, -0.25) is 24.4 Å². The predicted molar refractivity (Wildman–Crippen MR) is 168 cm³/mol. The average Bonchev–Trinajstić information content (AvgIpc) is 2.95. The number of carbonyl (C=O) groups is 2. The molecule has 1 amide bonds. The summed E-state index contributed by atoms with van der Waals surface area (Å²) >= 11 is 0. The summed E-state index contributed by atoms with van der Waals surface area (Å²) in [5, 5.41) is 10.6. The second-order valence-corrected chi connectivity index (χ2v) is 11.4. The Kier molecular flexibility index (Phi) is 8.17. The van der Waals surface area contributed by atoms with Gasteiger partial charge in [0.1, 0.15) is 23.0 Å². The number of amides is 1. The highest BCUT2D eigenvalue weighted by atomic mass is 16.5. The van der Waals surface area contributed by atoms with Crippen molar-refractivity contribution in [3.05, 3.63) is 111 Å². The van der Waals surface area contributed by atoms with Gasteiger partial charge in [-0.2, -0.15) is 0 Å². The van der Waals surface area contributed by atoms with Crippen LogP contribution in [-0.2, 0) is 12.8 Å². The third-order valence-corrected chi connectivity index (χ3v) is 7.50. The lowest BCUT2D eigenvalue weighted by Crippen LogP contribution is -2.36. The molecule has 0 unspecified atom stereocenters. The Hall–Kier alpha value is -4.79. The molecule has 3 aromatic carbocycles. The van der Waals surface area contributed by atoms with Crippen molar-refractivity contribution in [1.82, 2.24) is 14.9 Å². The first kappa shape index (κ1) is 29.7. The number of aryl methyl sites for hydroxylation is 2. The monoisotopic (exact) mass is 572 g/mol. The average molecular weight is 572 g/mol.